The third-order valence-corrected chi connectivity index (χ3v) is 3.39. The number of unbranched alkanes of at least 4 members (excludes halogenated alkanes) is 1. The zero-order chi connectivity index (χ0) is 10.2. The van der Waals surface area contributed by atoms with Gasteiger partial charge in [0.25, 0.3) is 0 Å². The van der Waals surface area contributed by atoms with Crippen LogP contribution in [0.4, 0.5) is 0 Å². The summed E-state index contributed by atoms with van der Waals surface area (Å²) >= 11 is 1.94. The van der Waals surface area contributed by atoms with Gasteiger partial charge in [0.05, 0.1) is 13.2 Å². The van der Waals surface area contributed by atoms with E-state index in [2.05, 4.69) is 12.2 Å². The minimum atomic E-state index is -0.115. The molecule has 14 heavy (non-hydrogen) atoms. The van der Waals surface area contributed by atoms with Crippen LogP contribution in [0.5, 0.6) is 0 Å². The summed E-state index contributed by atoms with van der Waals surface area (Å²) in [5.74, 6) is 2.22. The van der Waals surface area contributed by atoms with Crippen molar-refractivity contribution in [1.82, 2.24) is 5.32 Å². The monoisotopic (exact) mass is 217 g/mol. The number of carbonyl (C=O) groups is 1. The van der Waals surface area contributed by atoms with Crippen LogP contribution in [0.15, 0.2) is 0 Å². The van der Waals surface area contributed by atoms with E-state index in [-0.39, 0.29) is 5.97 Å². The average molecular weight is 217 g/mol. The molecule has 3 nitrogen and oxygen atoms in total. The van der Waals surface area contributed by atoms with Crippen LogP contribution in [0.1, 0.15) is 26.2 Å². The molecule has 0 amide bonds. The van der Waals surface area contributed by atoms with Crippen LogP contribution in [0.2, 0.25) is 0 Å². The molecule has 1 saturated heterocycles. The second-order valence-corrected chi connectivity index (χ2v) is 4.67. The molecule has 82 valence electrons. The van der Waals surface area contributed by atoms with E-state index in [1.165, 1.54) is 12.2 Å². The Labute approximate surface area is 90.0 Å². The van der Waals surface area contributed by atoms with E-state index in [0.29, 0.717) is 19.2 Å². The molecule has 0 radical (unpaired) electrons. The number of hydrogen-bond donors (Lipinski definition) is 1. The Hall–Kier alpha value is -0.220. The predicted octanol–water partition coefficient (Wildman–Crippen LogP) is 1.42. The largest absolute Gasteiger partial charge is 0.465 e. The van der Waals surface area contributed by atoms with Crippen LogP contribution in [0.25, 0.3) is 0 Å². The molecule has 0 bridgehead atoms. The molecular formula is C10H19NO2S. The highest BCUT2D eigenvalue weighted by Crippen LogP contribution is 2.16. The van der Waals surface area contributed by atoms with Crippen LogP contribution in [-0.4, -0.2) is 36.7 Å². The number of nitrogens with one attached hydrogen (secondary N) is 1. The lowest BCUT2D eigenvalue weighted by atomic mass is 10.3. The van der Waals surface area contributed by atoms with Gasteiger partial charge in [-0.1, -0.05) is 13.3 Å². The molecule has 0 saturated carbocycles. The van der Waals surface area contributed by atoms with Gasteiger partial charge in [-0.05, 0) is 18.6 Å². The minimum absolute atomic E-state index is 0.115. The molecule has 1 N–H and O–H groups in total. The van der Waals surface area contributed by atoms with Gasteiger partial charge in [-0.15, -0.1) is 0 Å². The maximum absolute atomic E-state index is 11.2. The van der Waals surface area contributed by atoms with E-state index in [0.717, 1.165) is 18.6 Å². The van der Waals surface area contributed by atoms with E-state index in [9.17, 15) is 4.79 Å². The number of esters is 1. The lowest BCUT2D eigenvalue weighted by Crippen LogP contribution is -2.34. The summed E-state index contributed by atoms with van der Waals surface area (Å²) in [5.41, 5.74) is 0. The van der Waals surface area contributed by atoms with Crippen molar-refractivity contribution in [3.05, 3.63) is 0 Å². The van der Waals surface area contributed by atoms with Gasteiger partial charge in [-0.3, -0.25) is 4.79 Å². The van der Waals surface area contributed by atoms with Gasteiger partial charge in [-0.25, -0.2) is 0 Å². The maximum Gasteiger partial charge on any atom is 0.319 e. The highest BCUT2D eigenvalue weighted by molar-refractivity contribution is 7.99. The fourth-order valence-electron chi connectivity index (χ4n) is 1.30. The second kappa shape index (κ2) is 7.12. The number of rotatable bonds is 6. The summed E-state index contributed by atoms with van der Waals surface area (Å²) in [6.07, 6.45) is 3.21. The molecular weight excluding hydrogens is 198 g/mol. The van der Waals surface area contributed by atoms with E-state index in [4.69, 9.17) is 4.74 Å². The van der Waals surface area contributed by atoms with Crippen LogP contribution in [-0.2, 0) is 9.53 Å². The van der Waals surface area contributed by atoms with E-state index >= 15 is 0 Å². The normalized spacial score (nSPS) is 21.1. The highest BCUT2D eigenvalue weighted by atomic mass is 32.2. The first kappa shape index (κ1) is 11.9. The molecule has 0 aromatic rings. The van der Waals surface area contributed by atoms with Crippen molar-refractivity contribution in [3.8, 4) is 0 Å². The first-order valence-corrected chi connectivity index (χ1v) is 6.45. The summed E-state index contributed by atoms with van der Waals surface area (Å²) < 4.78 is 5.03. The van der Waals surface area contributed by atoms with Gasteiger partial charge in [0.15, 0.2) is 0 Å². The third kappa shape index (κ3) is 4.86. The van der Waals surface area contributed by atoms with Crippen molar-refractivity contribution in [2.24, 2.45) is 0 Å². The van der Waals surface area contributed by atoms with Crippen molar-refractivity contribution < 1.29 is 9.53 Å². The Balaban J connectivity index is 1.96. The molecule has 1 aliphatic heterocycles. The highest BCUT2D eigenvalue weighted by Gasteiger charge is 2.15. The maximum atomic E-state index is 11.2. The van der Waals surface area contributed by atoms with Gasteiger partial charge < -0.3 is 10.1 Å². The molecule has 1 atom stereocenters. The van der Waals surface area contributed by atoms with Gasteiger partial charge in [0, 0.05) is 11.8 Å². The topological polar surface area (TPSA) is 38.3 Å². The van der Waals surface area contributed by atoms with Crippen molar-refractivity contribution >= 4 is 17.7 Å². The SMILES string of the molecule is CCCCOC(=O)CNC1CCSC1. The third-order valence-electron chi connectivity index (χ3n) is 2.23. The van der Waals surface area contributed by atoms with Crippen molar-refractivity contribution in [3.63, 3.8) is 0 Å². The molecule has 4 heteroatoms. The minimum Gasteiger partial charge on any atom is -0.465 e. The van der Waals surface area contributed by atoms with E-state index in [1.54, 1.807) is 0 Å². The molecule has 1 heterocycles. The second-order valence-electron chi connectivity index (χ2n) is 3.52. The fraction of sp³-hybridized carbons (Fsp3) is 0.900. The van der Waals surface area contributed by atoms with Crippen molar-refractivity contribution in [2.75, 3.05) is 24.7 Å². The molecule has 0 aromatic carbocycles. The van der Waals surface area contributed by atoms with E-state index < -0.39 is 0 Å². The van der Waals surface area contributed by atoms with Gasteiger partial charge in [-0.2, -0.15) is 11.8 Å². The average Bonchev–Trinajstić information content (AvgIpc) is 2.68. The molecule has 1 unspecified atom stereocenters. The zero-order valence-electron chi connectivity index (χ0n) is 8.75. The smallest absolute Gasteiger partial charge is 0.319 e. The Morgan fingerprint density at radius 3 is 3.14 bits per heavy atom. The quantitative estimate of drug-likeness (QED) is 0.539. The molecule has 0 aliphatic carbocycles. The predicted molar refractivity (Wildman–Crippen MR) is 59.6 cm³/mol. The van der Waals surface area contributed by atoms with Crippen LogP contribution in [0, 0.1) is 0 Å². The summed E-state index contributed by atoms with van der Waals surface area (Å²) in [5, 5.41) is 3.21. The van der Waals surface area contributed by atoms with Crippen LogP contribution >= 0.6 is 11.8 Å². The molecule has 1 rings (SSSR count). The fourth-order valence-corrected chi connectivity index (χ4v) is 2.49. The van der Waals surface area contributed by atoms with Gasteiger partial charge in [0.1, 0.15) is 0 Å². The number of carbonyl (C=O) groups excluding carboxylic acids is 1. The number of hydrogen-bond acceptors (Lipinski definition) is 4. The summed E-state index contributed by atoms with van der Waals surface area (Å²) in [4.78, 5) is 11.2. The summed E-state index contributed by atoms with van der Waals surface area (Å²) in [7, 11) is 0. The lowest BCUT2D eigenvalue weighted by molar-refractivity contribution is -0.142. The molecule has 0 spiro atoms. The zero-order valence-corrected chi connectivity index (χ0v) is 9.57. The first-order valence-electron chi connectivity index (χ1n) is 5.29. The number of ether oxygens (including phenoxy) is 1. The lowest BCUT2D eigenvalue weighted by Gasteiger charge is -2.10. The van der Waals surface area contributed by atoms with Gasteiger partial charge in [0.2, 0.25) is 0 Å². The Morgan fingerprint density at radius 2 is 2.50 bits per heavy atom. The molecule has 1 aliphatic rings. The molecule has 1 fully saturated rings. The van der Waals surface area contributed by atoms with Crippen LogP contribution < -0.4 is 5.32 Å². The Bertz CT molecular complexity index is 170. The molecule has 0 aromatic heterocycles. The van der Waals surface area contributed by atoms with E-state index in [1.807, 2.05) is 11.8 Å². The first-order chi connectivity index (χ1) is 6.83. The van der Waals surface area contributed by atoms with Gasteiger partial charge >= 0.3 is 5.97 Å². The van der Waals surface area contributed by atoms with Crippen molar-refractivity contribution in [1.29, 1.82) is 0 Å². The van der Waals surface area contributed by atoms with Crippen LogP contribution in [0.3, 0.4) is 0 Å². The summed E-state index contributed by atoms with van der Waals surface area (Å²) in [6.45, 7) is 3.02. The van der Waals surface area contributed by atoms with Crippen molar-refractivity contribution in [2.45, 2.75) is 32.2 Å². The number of thioether (sulfide) groups is 1. The summed E-state index contributed by atoms with van der Waals surface area (Å²) in [6, 6.07) is 0.513. The Kier molecular flexibility index (Phi) is 6.03. The Morgan fingerprint density at radius 1 is 1.64 bits per heavy atom. The standard InChI is InChI=1S/C10H19NO2S/c1-2-3-5-13-10(12)7-11-9-4-6-14-8-9/h9,11H,2-8H2,1H3.